The van der Waals surface area contributed by atoms with E-state index in [0.29, 0.717) is 16.7 Å². The number of nitrogens with one attached hydrogen (secondary N) is 1. The highest BCUT2D eigenvalue weighted by molar-refractivity contribution is 6.42. The smallest absolute Gasteiger partial charge is 0.120 e. The van der Waals surface area contributed by atoms with Crippen molar-refractivity contribution in [3.05, 3.63) is 28.2 Å². The molecule has 2 nitrogen and oxygen atoms in total. The van der Waals surface area contributed by atoms with Crippen molar-refractivity contribution in [3.63, 3.8) is 0 Å². The van der Waals surface area contributed by atoms with Gasteiger partial charge in [-0.05, 0) is 12.1 Å². The molecule has 0 radical (unpaired) electrons. The lowest BCUT2D eigenvalue weighted by Crippen LogP contribution is -3.05. The third-order valence-corrected chi connectivity index (χ3v) is 2.72. The maximum absolute atomic E-state index is 5.86. The molecule has 0 unspecified atom stereocenters. The van der Waals surface area contributed by atoms with Gasteiger partial charge in [0.15, 0.2) is 0 Å². The van der Waals surface area contributed by atoms with E-state index < -0.39 is 0 Å². The van der Waals surface area contributed by atoms with Crippen LogP contribution < -0.4 is 9.64 Å². The van der Waals surface area contributed by atoms with Gasteiger partial charge in [-0.1, -0.05) is 23.2 Å². The first-order chi connectivity index (χ1) is 7.09. The molecule has 0 atom stereocenters. The fourth-order valence-electron chi connectivity index (χ4n) is 1.18. The summed E-state index contributed by atoms with van der Waals surface area (Å²) < 4.78 is 5.54. The summed E-state index contributed by atoms with van der Waals surface area (Å²) in [6, 6.07) is 5.32. The predicted octanol–water partition coefficient (Wildman–Crippen LogP) is 1.91. The number of rotatable bonds is 5. The summed E-state index contributed by atoms with van der Waals surface area (Å²) >= 11 is 11.7. The van der Waals surface area contributed by atoms with E-state index in [9.17, 15) is 0 Å². The molecule has 4 heteroatoms. The molecule has 0 saturated heterocycles. The summed E-state index contributed by atoms with van der Waals surface area (Å²) in [5.41, 5.74) is 0. The van der Waals surface area contributed by atoms with Gasteiger partial charge in [0.05, 0.1) is 37.3 Å². The quantitative estimate of drug-likeness (QED) is 0.787. The molecule has 1 aromatic rings. The van der Waals surface area contributed by atoms with Gasteiger partial charge < -0.3 is 9.64 Å². The van der Waals surface area contributed by atoms with Crippen LogP contribution in [0.3, 0.4) is 0 Å². The monoisotopic (exact) mass is 248 g/mol. The summed E-state index contributed by atoms with van der Waals surface area (Å²) in [5, 5.41) is 1.09. The molecule has 0 aliphatic rings. The van der Waals surface area contributed by atoms with Crippen LogP contribution in [-0.2, 0) is 0 Å². The summed E-state index contributed by atoms with van der Waals surface area (Å²) in [6.07, 6.45) is 1.03. The van der Waals surface area contributed by atoms with Crippen molar-refractivity contribution >= 4 is 23.2 Å². The molecule has 0 spiro atoms. The van der Waals surface area contributed by atoms with Gasteiger partial charge >= 0.3 is 0 Å². The lowest BCUT2D eigenvalue weighted by Gasteiger charge is -2.09. The fourth-order valence-corrected chi connectivity index (χ4v) is 1.47. The molecule has 0 fully saturated rings. The van der Waals surface area contributed by atoms with E-state index in [-0.39, 0.29) is 0 Å². The van der Waals surface area contributed by atoms with Crippen LogP contribution >= 0.6 is 23.2 Å². The van der Waals surface area contributed by atoms with E-state index in [0.717, 1.165) is 18.7 Å². The minimum atomic E-state index is 0.535. The highest BCUT2D eigenvalue weighted by Crippen LogP contribution is 2.26. The predicted molar refractivity (Wildman–Crippen MR) is 64.3 cm³/mol. The topological polar surface area (TPSA) is 13.7 Å². The largest absolute Gasteiger partial charge is 0.493 e. The van der Waals surface area contributed by atoms with Gasteiger partial charge in [-0.2, -0.15) is 0 Å². The minimum Gasteiger partial charge on any atom is -0.493 e. The van der Waals surface area contributed by atoms with Gasteiger partial charge in [-0.3, -0.25) is 0 Å². The molecule has 1 rings (SSSR count). The lowest BCUT2D eigenvalue weighted by molar-refractivity contribution is -0.858. The van der Waals surface area contributed by atoms with Crippen molar-refractivity contribution in [3.8, 4) is 5.75 Å². The van der Waals surface area contributed by atoms with Crippen LogP contribution in [0.15, 0.2) is 18.2 Å². The van der Waals surface area contributed by atoms with Gasteiger partial charge in [-0.25, -0.2) is 0 Å². The maximum atomic E-state index is 5.86. The van der Waals surface area contributed by atoms with Crippen LogP contribution in [-0.4, -0.2) is 27.2 Å². The van der Waals surface area contributed by atoms with Crippen molar-refractivity contribution in [1.82, 2.24) is 0 Å². The fraction of sp³-hybridized carbons (Fsp3) is 0.455. The normalized spacial score (nSPS) is 10.7. The van der Waals surface area contributed by atoms with E-state index >= 15 is 0 Å². The first kappa shape index (κ1) is 12.6. The zero-order valence-corrected chi connectivity index (χ0v) is 10.5. The Bertz CT molecular complexity index is 315. The first-order valence-corrected chi connectivity index (χ1v) is 5.72. The summed E-state index contributed by atoms with van der Waals surface area (Å²) in [4.78, 5) is 1.42. The van der Waals surface area contributed by atoms with E-state index in [1.54, 1.807) is 12.1 Å². The second-order valence-corrected chi connectivity index (χ2v) is 4.55. The minimum absolute atomic E-state index is 0.535. The molecule has 0 heterocycles. The third kappa shape index (κ3) is 4.74. The molecule has 15 heavy (non-hydrogen) atoms. The molecule has 0 amide bonds. The number of hydrogen-bond acceptors (Lipinski definition) is 1. The van der Waals surface area contributed by atoms with Crippen LogP contribution in [0.5, 0.6) is 5.75 Å². The second kappa shape index (κ2) is 6.21. The number of quaternary nitrogens is 1. The number of halogens is 2. The van der Waals surface area contributed by atoms with E-state index in [1.807, 2.05) is 6.07 Å². The second-order valence-electron chi connectivity index (χ2n) is 3.74. The Morgan fingerprint density at radius 1 is 1.20 bits per heavy atom. The molecule has 0 aromatic heterocycles. The van der Waals surface area contributed by atoms with Crippen LogP contribution in [0.25, 0.3) is 0 Å². The Morgan fingerprint density at radius 2 is 1.93 bits per heavy atom. The third-order valence-electron chi connectivity index (χ3n) is 1.98. The van der Waals surface area contributed by atoms with Gasteiger partial charge in [0.1, 0.15) is 5.75 Å². The molecule has 1 N–H and O–H groups in total. The van der Waals surface area contributed by atoms with Crippen molar-refractivity contribution in [2.75, 3.05) is 27.2 Å². The molecule has 1 aromatic carbocycles. The van der Waals surface area contributed by atoms with E-state index in [2.05, 4.69) is 14.1 Å². The van der Waals surface area contributed by atoms with Crippen molar-refractivity contribution in [1.29, 1.82) is 0 Å². The van der Waals surface area contributed by atoms with Gasteiger partial charge in [0.2, 0.25) is 0 Å². The Morgan fingerprint density at radius 3 is 2.53 bits per heavy atom. The molecule has 0 saturated carbocycles. The highest BCUT2D eigenvalue weighted by Gasteiger charge is 2.00. The highest BCUT2D eigenvalue weighted by atomic mass is 35.5. The van der Waals surface area contributed by atoms with Gasteiger partial charge in [-0.15, -0.1) is 0 Å². The average molecular weight is 249 g/mol. The standard InChI is InChI=1S/C11H15Cl2NO/c1-14(2)6-3-7-15-9-4-5-10(12)11(13)8-9/h4-5,8H,3,6-7H2,1-2H3/p+1. The maximum Gasteiger partial charge on any atom is 0.120 e. The van der Waals surface area contributed by atoms with Gasteiger partial charge in [0.25, 0.3) is 0 Å². The van der Waals surface area contributed by atoms with E-state index in [1.165, 1.54) is 4.90 Å². The molecule has 0 aliphatic carbocycles. The Balaban J connectivity index is 2.35. The first-order valence-electron chi connectivity index (χ1n) is 4.96. The zero-order chi connectivity index (χ0) is 11.3. The SMILES string of the molecule is C[NH+](C)CCCOc1ccc(Cl)c(Cl)c1. The van der Waals surface area contributed by atoms with E-state index in [4.69, 9.17) is 27.9 Å². The Kier molecular flexibility index (Phi) is 5.23. The lowest BCUT2D eigenvalue weighted by atomic mass is 10.3. The van der Waals surface area contributed by atoms with Crippen molar-refractivity contribution in [2.24, 2.45) is 0 Å². The van der Waals surface area contributed by atoms with Gasteiger partial charge in [0, 0.05) is 12.5 Å². The Hall–Kier alpha value is -0.440. The summed E-state index contributed by atoms with van der Waals surface area (Å²) in [6.45, 7) is 1.81. The Labute approximate surface area is 101 Å². The van der Waals surface area contributed by atoms with Crippen LogP contribution in [0.2, 0.25) is 10.0 Å². The number of benzene rings is 1. The van der Waals surface area contributed by atoms with Crippen LogP contribution in [0.1, 0.15) is 6.42 Å². The molecule has 0 bridgehead atoms. The van der Waals surface area contributed by atoms with Crippen LogP contribution in [0, 0.1) is 0 Å². The van der Waals surface area contributed by atoms with Crippen molar-refractivity contribution in [2.45, 2.75) is 6.42 Å². The summed E-state index contributed by atoms with van der Waals surface area (Å²) in [5.74, 6) is 0.776. The zero-order valence-electron chi connectivity index (χ0n) is 9.02. The molecule has 0 aliphatic heterocycles. The summed E-state index contributed by atoms with van der Waals surface area (Å²) in [7, 11) is 4.25. The van der Waals surface area contributed by atoms with Crippen molar-refractivity contribution < 1.29 is 9.64 Å². The molecular formula is C11H16Cl2NO+. The number of hydrogen-bond donors (Lipinski definition) is 1. The number of ether oxygens (including phenoxy) is 1. The average Bonchev–Trinajstić information content (AvgIpc) is 2.18. The molecular weight excluding hydrogens is 233 g/mol. The molecule has 84 valence electrons. The van der Waals surface area contributed by atoms with Crippen LogP contribution in [0.4, 0.5) is 0 Å².